The molecule has 4 aromatic rings. The average Bonchev–Trinajstić information content (AvgIpc) is 3.10. The zero-order valence-electron chi connectivity index (χ0n) is 27.8. The number of unbranched alkanes of at least 4 members (excludes halogenated alkanes) is 8. The predicted octanol–water partition coefficient (Wildman–Crippen LogP) is 10.7. The van der Waals surface area contributed by atoms with Crippen molar-refractivity contribution in [1.29, 1.82) is 0 Å². The van der Waals surface area contributed by atoms with E-state index in [1.165, 1.54) is 51.4 Å². The first-order valence-electron chi connectivity index (χ1n) is 17.0. The SMILES string of the molecule is CCCCCCCOc1ccc(C(=O)Nc2ccc(Oc3ccc(NC(=O)c4ccc(OCCCCCCC)cc4)cc3)cc2)cc1. The Morgan fingerprint density at radius 2 is 0.787 bits per heavy atom. The number of hydrogen-bond acceptors (Lipinski definition) is 5. The maximum atomic E-state index is 12.7. The van der Waals surface area contributed by atoms with Crippen molar-refractivity contribution in [3.63, 3.8) is 0 Å². The molecule has 0 saturated carbocycles. The Bertz CT molecular complexity index is 1370. The lowest BCUT2D eigenvalue weighted by molar-refractivity contribution is 0.101. The maximum Gasteiger partial charge on any atom is 0.255 e. The minimum Gasteiger partial charge on any atom is -0.494 e. The Morgan fingerprint density at radius 3 is 1.15 bits per heavy atom. The number of benzene rings is 4. The van der Waals surface area contributed by atoms with E-state index in [9.17, 15) is 9.59 Å². The summed E-state index contributed by atoms with van der Waals surface area (Å²) in [7, 11) is 0. The van der Waals surface area contributed by atoms with Crippen molar-refractivity contribution in [3.05, 3.63) is 108 Å². The lowest BCUT2D eigenvalue weighted by Crippen LogP contribution is -2.11. The van der Waals surface area contributed by atoms with E-state index in [0.717, 1.165) is 24.3 Å². The highest BCUT2D eigenvalue weighted by molar-refractivity contribution is 6.05. The second kappa shape index (κ2) is 19.7. The van der Waals surface area contributed by atoms with Gasteiger partial charge in [0.2, 0.25) is 0 Å². The monoisotopic (exact) mass is 636 g/mol. The highest BCUT2D eigenvalue weighted by Gasteiger charge is 2.09. The van der Waals surface area contributed by atoms with E-state index in [4.69, 9.17) is 14.2 Å². The Balaban J connectivity index is 1.18. The van der Waals surface area contributed by atoms with Gasteiger partial charge in [0, 0.05) is 22.5 Å². The molecule has 0 radical (unpaired) electrons. The topological polar surface area (TPSA) is 85.9 Å². The fourth-order valence-electron chi connectivity index (χ4n) is 4.95. The first-order valence-corrected chi connectivity index (χ1v) is 17.0. The van der Waals surface area contributed by atoms with E-state index in [1.807, 2.05) is 24.3 Å². The quantitative estimate of drug-likeness (QED) is 0.0943. The van der Waals surface area contributed by atoms with E-state index in [0.29, 0.717) is 47.2 Å². The minimum absolute atomic E-state index is 0.195. The van der Waals surface area contributed by atoms with Gasteiger partial charge in [0.25, 0.3) is 11.8 Å². The highest BCUT2D eigenvalue weighted by atomic mass is 16.5. The van der Waals surface area contributed by atoms with Crippen molar-refractivity contribution >= 4 is 23.2 Å². The number of hydrogen-bond donors (Lipinski definition) is 2. The van der Waals surface area contributed by atoms with Gasteiger partial charge in [0.1, 0.15) is 23.0 Å². The lowest BCUT2D eigenvalue weighted by Gasteiger charge is -2.10. The van der Waals surface area contributed by atoms with Crippen molar-refractivity contribution in [2.45, 2.75) is 78.1 Å². The molecule has 0 aliphatic carbocycles. The maximum absolute atomic E-state index is 12.7. The fourth-order valence-corrected chi connectivity index (χ4v) is 4.95. The minimum atomic E-state index is -0.195. The van der Waals surface area contributed by atoms with Crippen LogP contribution in [0.15, 0.2) is 97.1 Å². The van der Waals surface area contributed by atoms with Crippen LogP contribution in [0, 0.1) is 0 Å². The number of nitrogens with one attached hydrogen (secondary N) is 2. The third kappa shape index (κ3) is 12.5. The second-order valence-corrected chi connectivity index (χ2v) is 11.6. The molecule has 7 heteroatoms. The largest absolute Gasteiger partial charge is 0.494 e. The Morgan fingerprint density at radius 1 is 0.447 bits per heavy atom. The average molecular weight is 637 g/mol. The molecule has 47 heavy (non-hydrogen) atoms. The highest BCUT2D eigenvalue weighted by Crippen LogP contribution is 2.25. The zero-order valence-corrected chi connectivity index (χ0v) is 27.8. The van der Waals surface area contributed by atoms with Crippen LogP contribution < -0.4 is 24.8 Å². The molecule has 0 aliphatic heterocycles. The van der Waals surface area contributed by atoms with E-state index in [2.05, 4.69) is 24.5 Å². The third-order valence-corrected chi connectivity index (χ3v) is 7.73. The van der Waals surface area contributed by atoms with Crippen molar-refractivity contribution in [2.75, 3.05) is 23.8 Å². The van der Waals surface area contributed by atoms with Crippen LogP contribution >= 0.6 is 0 Å². The van der Waals surface area contributed by atoms with Gasteiger partial charge >= 0.3 is 0 Å². The molecular weight excluding hydrogens is 588 g/mol. The summed E-state index contributed by atoms with van der Waals surface area (Å²) in [6.07, 6.45) is 11.9. The van der Waals surface area contributed by atoms with E-state index >= 15 is 0 Å². The molecule has 4 rings (SSSR count). The summed E-state index contributed by atoms with van der Waals surface area (Å²) in [4.78, 5) is 25.5. The molecule has 0 aliphatic rings. The summed E-state index contributed by atoms with van der Waals surface area (Å²) in [5.41, 5.74) is 2.44. The molecule has 0 unspecified atom stereocenters. The van der Waals surface area contributed by atoms with Crippen molar-refractivity contribution in [3.8, 4) is 23.0 Å². The van der Waals surface area contributed by atoms with Crippen LogP contribution in [0.1, 0.15) is 98.8 Å². The van der Waals surface area contributed by atoms with Crippen molar-refractivity contribution in [2.24, 2.45) is 0 Å². The van der Waals surface area contributed by atoms with E-state index in [1.54, 1.807) is 72.8 Å². The molecule has 2 N–H and O–H groups in total. The molecule has 7 nitrogen and oxygen atoms in total. The van der Waals surface area contributed by atoms with Gasteiger partial charge in [-0.3, -0.25) is 9.59 Å². The molecular formula is C40H48N2O5. The predicted molar refractivity (Wildman–Crippen MR) is 190 cm³/mol. The Labute approximate surface area is 279 Å². The standard InChI is InChI=1S/C40H48N2O5/c1-3-5-7-9-11-29-45-35-21-13-31(14-22-35)39(43)41-33-17-25-37(26-18-33)47-38-27-19-34(20-28-38)42-40(44)32-15-23-36(24-16-32)46-30-12-10-8-6-4-2/h13-28H,3-12,29-30H2,1-2H3,(H,41,43)(H,42,44). The molecule has 0 saturated heterocycles. The van der Waals surface area contributed by atoms with Crippen LogP contribution in [0.5, 0.6) is 23.0 Å². The van der Waals surface area contributed by atoms with Crippen LogP contribution in [-0.4, -0.2) is 25.0 Å². The number of carbonyl (C=O) groups excluding carboxylic acids is 2. The summed E-state index contributed by atoms with van der Waals surface area (Å²) in [6, 6.07) is 28.8. The van der Waals surface area contributed by atoms with Crippen LogP contribution in [0.2, 0.25) is 0 Å². The normalized spacial score (nSPS) is 10.7. The van der Waals surface area contributed by atoms with Crippen molar-refractivity contribution < 1.29 is 23.8 Å². The molecule has 4 aromatic carbocycles. The van der Waals surface area contributed by atoms with Crippen LogP contribution in [-0.2, 0) is 0 Å². The summed E-state index contributed by atoms with van der Waals surface area (Å²) in [6.45, 7) is 5.79. The Hall–Kier alpha value is -4.78. The molecule has 0 bridgehead atoms. The van der Waals surface area contributed by atoms with Gasteiger partial charge in [0.15, 0.2) is 0 Å². The summed E-state index contributed by atoms with van der Waals surface area (Å²) < 4.78 is 17.6. The molecule has 0 spiro atoms. The summed E-state index contributed by atoms with van der Waals surface area (Å²) in [5, 5.41) is 5.84. The van der Waals surface area contributed by atoms with Gasteiger partial charge in [0.05, 0.1) is 13.2 Å². The van der Waals surface area contributed by atoms with E-state index < -0.39 is 0 Å². The molecule has 0 atom stereocenters. The number of ether oxygens (including phenoxy) is 3. The second-order valence-electron chi connectivity index (χ2n) is 11.6. The van der Waals surface area contributed by atoms with Crippen LogP contribution in [0.3, 0.4) is 0 Å². The lowest BCUT2D eigenvalue weighted by atomic mass is 10.1. The third-order valence-electron chi connectivity index (χ3n) is 7.73. The van der Waals surface area contributed by atoms with Gasteiger partial charge in [-0.15, -0.1) is 0 Å². The fraction of sp³-hybridized carbons (Fsp3) is 0.350. The molecule has 248 valence electrons. The van der Waals surface area contributed by atoms with Gasteiger partial charge in [-0.05, 0) is 110 Å². The molecule has 2 amide bonds. The zero-order chi connectivity index (χ0) is 33.1. The summed E-state index contributed by atoms with van der Waals surface area (Å²) in [5.74, 6) is 2.40. The Kier molecular flexibility index (Phi) is 14.7. The van der Waals surface area contributed by atoms with E-state index in [-0.39, 0.29) is 11.8 Å². The van der Waals surface area contributed by atoms with Crippen molar-refractivity contribution in [1.82, 2.24) is 0 Å². The summed E-state index contributed by atoms with van der Waals surface area (Å²) >= 11 is 0. The van der Waals surface area contributed by atoms with Gasteiger partial charge in [-0.25, -0.2) is 0 Å². The number of anilines is 2. The first kappa shape index (κ1) is 35.1. The van der Waals surface area contributed by atoms with Crippen LogP contribution in [0.4, 0.5) is 11.4 Å². The van der Waals surface area contributed by atoms with Crippen LogP contribution in [0.25, 0.3) is 0 Å². The number of carbonyl (C=O) groups is 2. The van der Waals surface area contributed by atoms with Gasteiger partial charge in [-0.2, -0.15) is 0 Å². The number of rotatable bonds is 20. The first-order chi connectivity index (χ1) is 23.0. The molecule has 0 heterocycles. The molecule has 0 aromatic heterocycles. The van der Waals surface area contributed by atoms with Gasteiger partial charge in [-0.1, -0.05) is 65.2 Å². The number of amides is 2. The smallest absolute Gasteiger partial charge is 0.255 e. The van der Waals surface area contributed by atoms with Gasteiger partial charge < -0.3 is 24.8 Å². The molecule has 0 fully saturated rings.